The van der Waals surface area contributed by atoms with Gasteiger partial charge >= 0.3 is 0 Å². The van der Waals surface area contributed by atoms with Crippen LogP contribution in [0.4, 0.5) is 14.6 Å². The predicted molar refractivity (Wildman–Crippen MR) is 69.5 cm³/mol. The van der Waals surface area contributed by atoms with E-state index < -0.39 is 17.5 Å². The lowest BCUT2D eigenvalue weighted by atomic mass is 10.1. The Balaban J connectivity index is 1.96. The Labute approximate surface area is 114 Å². The molecule has 0 spiro atoms. The summed E-state index contributed by atoms with van der Waals surface area (Å²) in [6.45, 7) is 0.190. The summed E-state index contributed by atoms with van der Waals surface area (Å²) in [5.74, 6) is -1.93. The predicted octanol–water partition coefficient (Wildman–Crippen LogP) is 1.14. The van der Waals surface area contributed by atoms with Gasteiger partial charge in [0.15, 0.2) is 11.6 Å². The van der Waals surface area contributed by atoms with Gasteiger partial charge in [-0.3, -0.25) is 9.48 Å². The first-order valence-electron chi connectivity index (χ1n) is 5.95. The molecule has 1 aromatic carbocycles. The highest BCUT2D eigenvalue weighted by atomic mass is 19.2. The molecular formula is C13H14F2N4O. The molecule has 0 bridgehead atoms. The van der Waals surface area contributed by atoms with E-state index in [2.05, 4.69) is 10.4 Å². The number of aryl methyl sites for hydroxylation is 1. The second-order valence-corrected chi connectivity index (χ2v) is 4.35. The lowest BCUT2D eigenvalue weighted by molar-refractivity contribution is -0.120. The first-order chi connectivity index (χ1) is 9.49. The second-order valence-electron chi connectivity index (χ2n) is 4.35. The largest absolute Gasteiger partial charge is 0.384 e. The van der Waals surface area contributed by atoms with Crippen molar-refractivity contribution in [1.82, 2.24) is 15.1 Å². The quantitative estimate of drug-likeness (QED) is 0.882. The minimum atomic E-state index is -0.997. The molecule has 0 aliphatic carbocycles. The summed E-state index contributed by atoms with van der Waals surface area (Å²) in [7, 11) is 1.68. The Hall–Kier alpha value is -2.44. The van der Waals surface area contributed by atoms with Crippen LogP contribution in [-0.4, -0.2) is 15.7 Å². The molecule has 20 heavy (non-hydrogen) atoms. The van der Waals surface area contributed by atoms with Crippen molar-refractivity contribution in [1.29, 1.82) is 0 Å². The van der Waals surface area contributed by atoms with E-state index >= 15 is 0 Å². The van der Waals surface area contributed by atoms with Crippen molar-refractivity contribution in [3.05, 3.63) is 47.2 Å². The van der Waals surface area contributed by atoms with Crippen LogP contribution in [-0.2, 0) is 24.8 Å². The van der Waals surface area contributed by atoms with Gasteiger partial charge in [0.1, 0.15) is 5.82 Å². The van der Waals surface area contributed by atoms with Crippen LogP contribution >= 0.6 is 0 Å². The van der Waals surface area contributed by atoms with Gasteiger partial charge in [-0.1, -0.05) is 12.1 Å². The molecule has 0 saturated heterocycles. The molecule has 1 amide bonds. The first kappa shape index (κ1) is 14.0. The Bertz CT molecular complexity index is 639. The van der Waals surface area contributed by atoms with Crippen molar-refractivity contribution in [3.63, 3.8) is 0 Å². The number of benzene rings is 1. The van der Waals surface area contributed by atoms with Crippen molar-refractivity contribution in [2.24, 2.45) is 7.05 Å². The van der Waals surface area contributed by atoms with Gasteiger partial charge in [0.05, 0.1) is 12.6 Å². The number of rotatable bonds is 4. The van der Waals surface area contributed by atoms with Crippen LogP contribution in [0.3, 0.4) is 0 Å². The molecule has 3 N–H and O–H groups in total. The fraction of sp³-hybridized carbons (Fsp3) is 0.231. The van der Waals surface area contributed by atoms with Crippen LogP contribution in [0.1, 0.15) is 11.1 Å². The zero-order valence-corrected chi connectivity index (χ0v) is 10.9. The van der Waals surface area contributed by atoms with E-state index in [-0.39, 0.29) is 18.5 Å². The minimum Gasteiger partial charge on any atom is -0.384 e. The molecule has 0 atom stereocenters. The summed E-state index contributed by atoms with van der Waals surface area (Å²) in [5.41, 5.74) is 6.41. The molecule has 106 valence electrons. The Morgan fingerprint density at radius 2 is 2.15 bits per heavy atom. The highest BCUT2D eigenvalue weighted by Gasteiger charge is 2.12. The van der Waals surface area contributed by atoms with Crippen molar-refractivity contribution in [2.75, 3.05) is 5.73 Å². The summed E-state index contributed by atoms with van der Waals surface area (Å²) < 4.78 is 27.9. The lowest BCUT2D eigenvalue weighted by Crippen LogP contribution is -2.25. The summed E-state index contributed by atoms with van der Waals surface area (Å²) in [4.78, 5) is 11.7. The number of hydrogen-bond donors (Lipinski definition) is 2. The minimum absolute atomic E-state index is 0.0154. The van der Waals surface area contributed by atoms with Crippen LogP contribution in [0.2, 0.25) is 0 Å². The Morgan fingerprint density at radius 1 is 1.40 bits per heavy atom. The van der Waals surface area contributed by atoms with Crippen LogP contribution in [0.15, 0.2) is 24.4 Å². The van der Waals surface area contributed by atoms with Crippen molar-refractivity contribution in [2.45, 2.75) is 13.0 Å². The van der Waals surface area contributed by atoms with Gasteiger partial charge in [-0.05, 0) is 6.07 Å². The van der Waals surface area contributed by atoms with E-state index in [1.807, 2.05) is 0 Å². The molecule has 0 aliphatic heterocycles. The molecule has 2 rings (SSSR count). The summed E-state index contributed by atoms with van der Waals surface area (Å²) in [6.07, 6.45) is 1.31. The van der Waals surface area contributed by atoms with Gasteiger partial charge in [-0.15, -0.1) is 0 Å². The van der Waals surface area contributed by atoms with Crippen LogP contribution in [0.25, 0.3) is 0 Å². The monoisotopic (exact) mass is 280 g/mol. The van der Waals surface area contributed by atoms with Crippen molar-refractivity contribution in [3.8, 4) is 0 Å². The molecular weight excluding hydrogens is 266 g/mol. The zero-order valence-electron chi connectivity index (χ0n) is 10.9. The molecule has 7 heteroatoms. The van der Waals surface area contributed by atoms with Crippen molar-refractivity contribution < 1.29 is 13.6 Å². The van der Waals surface area contributed by atoms with Gasteiger partial charge in [0.25, 0.3) is 0 Å². The number of anilines is 1. The smallest absolute Gasteiger partial charge is 0.224 e. The number of nitrogens with zero attached hydrogens (tertiary/aromatic N) is 2. The van der Waals surface area contributed by atoms with Gasteiger partial charge < -0.3 is 11.1 Å². The molecule has 0 unspecified atom stereocenters. The molecule has 1 heterocycles. The molecule has 5 nitrogen and oxygen atoms in total. The van der Waals surface area contributed by atoms with E-state index in [9.17, 15) is 13.6 Å². The average molecular weight is 280 g/mol. The fourth-order valence-corrected chi connectivity index (χ4v) is 1.74. The van der Waals surface area contributed by atoms with Gasteiger partial charge in [0, 0.05) is 24.7 Å². The number of carbonyl (C=O) groups excluding carboxylic acids is 1. The molecule has 2 aromatic rings. The molecule has 0 fully saturated rings. The second kappa shape index (κ2) is 5.68. The number of nitrogens with one attached hydrogen (secondary N) is 1. The highest BCUT2D eigenvalue weighted by Crippen LogP contribution is 2.12. The molecule has 1 aromatic heterocycles. The maximum absolute atomic E-state index is 13.4. The fourth-order valence-electron chi connectivity index (χ4n) is 1.74. The normalized spacial score (nSPS) is 10.6. The van der Waals surface area contributed by atoms with Gasteiger partial charge in [-0.2, -0.15) is 5.10 Å². The number of carbonyl (C=O) groups is 1. The van der Waals surface area contributed by atoms with E-state index in [0.717, 1.165) is 6.07 Å². The third kappa shape index (κ3) is 2.93. The van der Waals surface area contributed by atoms with E-state index in [1.165, 1.54) is 16.8 Å². The molecule has 0 aliphatic rings. The number of nitrogen functional groups attached to an aromatic ring is 1. The third-order valence-corrected chi connectivity index (χ3v) is 2.92. The number of aromatic nitrogens is 2. The lowest BCUT2D eigenvalue weighted by Gasteiger charge is -2.06. The standard InChI is InChI=1S/C13H14F2N4O/c1-19-13(16)9(7-18-19)6-17-11(20)5-8-3-2-4-10(14)12(8)15/h2-4,7H,5-6,16H2,1H3,(H,17,20). The summed E-state index contributed by atoms with van der Waals surface area (Å²) >= 11 is 0. The maximum Gasteiger partial charge on any atom is 0.224 e. The zero-order chi connectivity index (χ0) is 14.7. The van der Waals surface area contributed by atoms with Crippen LogP contribution in [0, 0.1) is 11.6 Å². The number of halogens is 2. The number of hydrogen-bond acceptors (Lipinski definition) is 3. The van der Waals surface area contributed by atoms with E-state index in [4.69, 9.17) is 5.73 Å². The molecule has 0 radical (unpaired) electrons. The summed E-state index contributed by atoms with van der Waals surface area (Å²) in [6, 6.07) is 3.74. The van der Waals surface area contributed by atoms with Gasteiger partial charge in [-0.25, -0.2) is 8.78 Å². The first-order valence-corrected chi connectivity index (χ1v) is 5.95. The average Bonchev–Trinajstić information content (AvgIpc) is 2.73. The summed E-state index contributed by atoms with van der Waals surface area (Å²) in [5, 5.41) is 6.52. The maximum atomic E-state index is 13.4. The molecule has 0 saturated carbocycles. The van der Waals surface area contributed by atoms with E-state index in [0.29, 0.717) is 11.4 Å². The van der Waals surface area contributed by atoms with Crippen molar-refractivity contribution >= 4 is 11.7 Å². The van der Waals surface area contributed by atoms with Gasteiger partial charge in [0.2, 0.25) is 5.91 Å². The topological polar surface area (TPSA) is 72.9 Å². The van der Waals surface area contributed by atoms with Crippen LogP contribution < -0.4 is 11.1 Å². The number of nitrogens with two attached hydrogens (primary N) is 1. The Morgan fingerprint density at radius 3 is 2.80 bits per heavy atom. The SMILES string of the molecule is Cn1ncc(CNC(=O)Cc2cccc(F)c2F)c1N. The Kier molecular flexibility index (Phi) is 3.97. The highest BCUT2D eigenvalue weighted by molar-refractivity contribution is 5.78. The van der Waals surface area contributed by atoms with Crippen LogP contribution in [0.5, 0.6) is 0 Å². The van der Waals surface area contributed by atoms with E-state index in [1.54, 1.807) is 13.2 Å². The third-order valence-electron chi connectivity index (χ3n) is 2.92. The number of amides is 1.